The Hall–Kier alpha value is -1.56. The molecule has 1 aliphatic heterocycles. The molecule has 0 unspecified atom stereocenters. The van der Waals surface area contributed by atoms with Gasteiger partial charge >= 0.3 is 11.9 Å². The fourth-order valence-corrected chi connectivity index (χ4v) is 12.0. The normalized spacial score (nSPS) is 47.9. The van der Waals surface area contributed by atoms with Gasteiger partial charge in [0.2, 0.25) is 0 Å². The van der Waals surface area contributed by atoms with Gasteiger partial charge in [0.15, 0.2) is 6.29 Å². The van der Waals surface area contributed by atoms with Crippen molar-refractivity contribution in [3.8, 4) is 0 Å². The number of carbonyl (C=O) groups is 2. The standard InChI is InChI=1S/C38H62O10/c1-19(2)20(3)35(7)15-16-37(9)23-11-12-26-34(5,6)31(48-33-29(43)28(42)27(41)25(18-39)47-33)24(46-21(4)40)17-36(26,8)22(23)13-14-38(37,10)30(35)32(44)45/h19-20,24-31,33,39,41-43H,11-18H2,1-10H3,(H,44,45)/t20-,24-,25-,26+,27+,28+,29-,30-,31+,33-,35-,36-,37-,38+/m1/s1. The molecule has 1 heterocycles. The lowest BCUT2D eigenvalue weighted by atomic mass is 9.36. The second-order valence-electron chi connectivity index (χ2n) is 18.0. The van der Waals surface area contributed by atoms with Crippen LogP contribution in [-0.2, 0) is 23.8 Å². The van der Waals surface area contributed by atoms with Crippen LogP contribution in [0.5, 0.6) is 0 Å². The fraction of sp³-hybridized carbons (Fsp3) is 0.895. The third-order valence-electron chi connectivity index (χ3n) is 15.1. The van der Waals surface area contributed by atoms with Crippen molar-refractivity contribution in [1.82, 2.24) is 0 Å². The fourth-order valence-electron chi connectivity index (χ4n) is 12.0. The van der Waals surface area contributed by atoms with Crippen molar-refractivity contribution in [2.45, 2.75) is 157 Å². The van der Waals surface area contributed by atoms with Gasteiger partial charge < -0.3 is 39.7 Å². The predicted octanol–water partition coefficient (Wildman–Crippen LogP) is 4.85. The first-order chi connectivity index (χ1) is 22.1. The number of carboxylic acids is 1. The van der Waals surface area contributed by atoms with Gasteiger partial charge in [0.1, 0.15) is 36.6 Å². The van der Waals surface area contributed by atoms with E-state index in [1.165, 1.54) is 18.1 Å². The number of aliphatic hydroxyl groups excluding tert-OH is 4. The van der Waals surface area contributed by atoms with Crippen molar-refractivity contribution in [3.63, 3.8) is 0 Å². The van der Waals surface area contributed by atoms with Gasteiger partial charge in [-0.2, -0.15) is 0 Å². The predicted molar refractivity (Wildman–Crippen MR) is 178 cm³/mol. The van der Waals surface area contributed by atoms with Crippen LogP contribution in [0.15, 0.2) is 11.1 Å². The van der Waals surface area contributed by atoms with Gasteiger partial charge in [-0.15, -0.1) is 0 Å². The minimum atomic E-state index is -1.58. The van der Waals surface area contributed by atoms with Crippen LogP contribution in [0.25, 0.3) is 0 Å². The summed E-state index contributed by atoms with van der Waals surface area (Å²) in [6, 6.07) is 0. The molecule has 5 aliphatic rings. The average molecular weight is 679 g/mol. The van der Waals surface area contributed by atoms with Gasteiger partial charge in [0, 0.05) is 6.92 Å². The van der Waals surface area contributed by atoms with E-state index < -0.39 is 78.2 Å². The van der Waals surface area contributed by atoms with E-state index in [0.717, 1.165) is 38.5 Å². The van der Waals surface area contributed by atoms with E-state index in [-0.39, 0.29) is 28.1 Å². The summed E-state index contributed by atoms with van der Waals surface area (Å²) in [5, 5.41) is 52.4. The molecular weight excluding hydrogens is 616 g/mol. The van der Waals surface area contributed by atoms with Crippen LogP contribution in [0, 0.1) is 50.7 Å². The van der Waals surface area contributed by atoms with E-state index in [1.807, 2.05) is 0 Å². The molecule has 0 aromatic carbocycles. The maximum Gasteiger partial charge on any atom is 0.307 e. The van der Waals surface area contributed by atoms with Gasteiger partial charge in [-0.3, -0.25) is 9.59 Å². The summed E-state index contributed by atoms with van der Waals surface area (Å²) in [7, 11) is 0. The monoisotopic (exact) mass is 678 g/mol. The number of rotatable bonds is 7. The highest BCUT2D eigenvalue weighted by molar-refractivity contribution is 5.73. The topological polar surface area (TPSA) is 163 Å². The molecule has 0 aromatic heterocycles. The number of aliphatic carboxylic acids is 1. The molecular formula is C38H62O10. The van der Waals surface area contributed by atoms with Crippen molar-refractivity contribution in [3.05, 3.63) is 11.1 Å². The van der Waals surface area contributed by atoms with Crippen LogP contribution in [-0.4, -0.2) is 87.0 Å². The van der Waals surface area contributed by atoms with Crippen LogP contribution >= 0.6 is 0 Å². The Balaban J connectivity index is 1.55. The van der Waals surface area contributed by atoms with E-state index in [0.29, 0.717) is 12.3 Å². The van der Waals surface area contributed by atoms with E-state index in [2.05, 4.69) is 62.3 Å². The van der Waals surface area contributed by atoms with Crippen molar-refractivity contribution in [2.24, 2.45) is 50.7 Å². The molecule has 10 nitrogen and oxygen atoms in total. The van der Waals surface area contributed by atoms with Gasteiger partial charge in [-0.1, -0.05) is 73.5 Å². The lowest BCUT2D eigenvalue weighted by Crippen LogP contribution is -2.65. The molecule has 0 bridgehead atoms. The van der Waals surface area contributed by atoms with Crippen molar-refractivity contribution < 1.29 is 49.3 Å². The third kappa shape index (κ3) is 5.42. The summed E-state index contributed by atoms with van der Waals surface area (Å²) in [5.74, 6) is -0.892. The zero-order valence-electron chi connectivity index (χ0n) is 30.8. The Morgan fingerprint density at radius 2 is 1.56 bits per heavy atom. The molecule has 2 saturated carbocycles. The first kappa shape index (κ1) is 37.7. The van der Waals surface area contributed by atoms with Crippen LogP contribution in [0.3, 0.4) is 0 Å². The molecule has 274 valence electrons. The number of hydrogen-bond acceptors (Lipinski definition) is 9. The molecule has 48 heavy (non-hydrogen) atoms. The maximum atomic E-state index is 13.3. The molecule has 10 heteroatoms. The van der Waals surface area contributed by atoms with Crippen molar-refractivity contribution in [1.29, 1.82) is 0 Å². The van der Waals surface area contributed by atoms with Gasteiger partial charge in [0.05, 0.1) is 12.5 Å². The third-order valence-corrected chi connectivity index (χ3v) is 15.1. The van der Waals surface area contributed by atoms with Crippen molar-refractivity contribution >= 4 is 11.9 Å². The average Bonchev–Trinajstić information content (AvgIpc) is 2.98. The number of carbonyl (C=O) groups excluding carboxylic acids is 1. The molecule has 0 spiro atoms. The summed E-state index contributed by atoms with van der Waals surface area (Å²) in [5.41, 5.74) is 0.778. The molecule has 0 radical (unpaired) electrons. The zero-order chi connectivity index (χ0) is 35.9. The largest absolute Gasteiger partial charge is 0.481 e. The Kier molecular flexibility index (Phi) is 9.88. The quantitative estimate of drug-likeness (QED) is 0.186. The molecule has 0 amide bonds. The molecule has 3 fully saturated rings. The molecule has 14 atom stereocenters. The summed E-state index contributed by atoms with van der Waals surface area (Å²) in [4.78, 5) is 25.9. The summed E-state index contributed by atoms with van der Waals surface area (Å²) < 4.78 is 18.3. The van der Waals surface area contributed by atoms with E-state index in [1.54, 1.807) is 0 Å². The number of aliphatic hydroxyl groups is 4. The van der Waals surface area contributed by atoms with Gasteiger partial charge in [-0.05, 0) is 89.8 Å². The van der Waals surface area contributed by atoms with Gasteiger partial charge in [-0.25, -0.2) is 0 Å². The highest BCUT2D eigenvalue weighted by Gasteiger charge is 2.68. The minimum Gasteiger partial charge on any atom is -0.481 e. The summed E-state index contributed by atoms with van der Waals surface area (Å²) in [6.45, 7) is 20.7. The number of ether oxygens (including phenoxy) is 3. The molecule has 0 aromatic rings. The summed E-state index contributed by atoms with van der Waals surface area (Å²) in [6.07, 6.45) is -3.04. The lowest BCUT2D eigenvalue weighted by Gasteiger charge is -2.68. The highest BCUT2D eigenvalue weighted by Crippen LogP contribution is 2.73. The van der Waals surface area contributed by atoms with Crippen LogP contribution < -0.4 is 0 Å². The Morgan fingerprint density at radius 3 is 2.12 bits per heavy atom. The lowest BCUT2D eigenvalue weighted by molar-refractivity contribution is -0.336. The molecule has 5 N–H and O–H groups in total. The maximum absolute atomic E-state index is 13.3. The molecule has 4 aliphatic carbocycles. The molecule has 1 saturated heterocycles. The first-order valence-electron chi connectivity index (χ1n) is 18.2. The second kappa shape index (κ2) is 12.6. The van der Waals surface area contributed by atoms with Gasteiger partial charge in [0.25, 0.3) is 0 Å². The van der Waals surface area contributed by atoms with Crippen molar-refractivity contribution in [2.75, 3.05) is 6.61 Å². The SMILES string of the molecule is CC(=O)O[C@@H]1C[C@]2(C)C3=C(CC[C@H]2C(C)(C)[C@H]1O[C@H]1O[C@H](CO)[C@H](O)[C@H](O)[C@H]1O)[C@@]1(C)CC[C@](C)([C@H](C)C(C)C)[C@@H](C(=O)O)[C@]1(C)CC3. The van der Waals surface area contributed by atoms with E-state index in [4.69, 9.17) is 14.2 Å². The first-order valence-corrected chi connectivity index (χ1v) is 18.2. The number of hydrogen-bond donors (Lipinski definition) is 5. The Labute approximate surface area is 286 Å². The van der Waals surface area contributed by atoms with Crippen LogP contribution in [0.2, 0.25) is 0 Å². The second-order valence-corrected chi connectivity index (χ2v) is 18.0. The van der Waals surface area contributed by atoms with E-state index in [9.17, 15) is 35.1 Å². The Bertz CT molecular complexity index is 1290. The minimum absolute atomic E-state index is 0.100. The number of allylic oxidation sites excluding steroid dienone is 2. The highest BCUT2D eigenvalue weighted by atomic mass is 16.7. The zero-order valence-corrected chi connectivity index (χ0v) is 30.8. The van der Waals surface area contributed by atoms with E-state index >= 15 is 0 Å². The van der Waals surface area contributed by atoms with Crippen LogP contribution in [0.1, 0.15) is 114 Å². The molecule has 5 rings (SSSR count). The summed E-state index contributed by atoms with van der Waals surface area (Å²) >= 11 is 0. The Morgan fingerprint density at radius 1 is 0.917 bits per heavy atom. The number of fused-ring (bicyclic) bond motifs is 4. The number of carboxylic acid groups (broad SMARTS) is 1. The number of esters is 1. The van der Waals surface area contributed by atoms with Crippen LogP contribution in [0.4, 0.5) is 0 Å². The smallest absolute Gasteiger partial charge is 0.307 e.